The highest BCUT2D eigenvalue weighted by molar-refractivity contribution is 7.81. The van der Waals surface area contributed by atoms with Crippen molar-refractivity contribution in [2.75, 3.05) is 26.9 Å². The molecule has 0 amide bonds. The first-order chi connectivity index (χ1) is 36.5. The molecule has 0 saturated carbocycles. The van der Waals surface area contributed by atoms with Gasteiger partial charge in [-0.2, -0.15) is 0 Å². The second-order valence-electron chi connectivity index (χ2n) is 18.2. The van der Waals surface area contributed by atoms with Crippen molar-refractivity contribution in [1.82, 2.24) is 19.9 Å². The number of carbonyl (C=O) groups excluding carboxylic acids is 3. The Morgan fingerprint density at radius 1 is 0.610 bits per heavy atom. The maximum atomic E-state index is 12.0. The van der Waals surface area contributed by atoms with E-state index in [1.807, 2.05) is 43.3 Å². The fourth-order valence-electron chi connectivity index (χ4n) is 6.64. The Hall–Kier alpha value is -6.76. The summed E-state index contributed by atoms with van der Waals surface area (Å²) in [5.74, 6) is 1.80. The molecular formula is C54H60N6O11S6. The SMILES string of the molecule is CC(C)COc1ccc(C(N)=S)cc1C(N)=S.COC(=O)c1sc(-c2ccc(OCC(C)C)c(-c3nc(C)c(COC=O)s3)c2)nc1C.Cc1nc(-c2cc(-c3nc(C)c(C(=O)O)s3)ccc2OCC(C)C)sc1OC=O. The lowest BCUT2D eigenvalue weighted by Crippen LogP contribution is -2.16. The lowest BCUT2D eigenvalue weighted by molar-refractivity contribution is -0.129. The van der Waals surface area contributed by atoms with Gasteiger partial charge in [-0.15, -0.1) is 34.0 Å². The Bertz CT molecular complexity index is 3230. The van der Waals surface area contributed by atoms with Gasteiger partial charge in [0, 0.05) is 16.7 Å². The summed E-state index contributed by atoms with van der Waals surface area (Å²) < 4.78 is 32.4. The van der Waals surface area contributed by atoms with Gasteiger partial charge < -0.3 is 45.0 Å². The Labute approximate surface area is 474 Å². The number of aryl methyl sites for hydroxylation is 4. The van der Waals surface area contributed by atoms with Gasteiger partial charge in [0.1, 0.15) is 63.6 Å². The average molecular weight is 1160 g/mol. The van der Waals surface area contributed by atoms with Crippen molar-refractivity contribution in [3.8, 4) is 64.6 Å². The summed E-state index contributed by atoms with van der Waals surface area (Å²) in [6.07, 6.45) is 0. The third-order valence-electron chi connectivity index (χ3n) is 10.4. The number of methoxy groups -OCH3 is 1. The third kappa shape index (κ3) is 16.9. The van der Waals surface area contributed by atoms with Crippen LogP contribution in [0.2, 0.25) is 0 Å². The lowest BCUT2D eigenvalue weighted by atomic mass is 10.1. The van der Waals surface area contributed by atoms with Crippen molar-refractivity contribution in [3.63, 3.8) is 0 Å². The molecule has 5 N–H and O–H groups in total. The number of aromatic carboxylic acids is 1. The molecule has 0 radical (unpaired) electrons. The van der Waals surface area contributed by atoms with Gasteiger partial charge >= 0.3 is 11.9 Å². The van der Waals surface area contributed by atoms with E-state index in [0.717, 1.165) is 60.5 Å². The molecule has 0 aliphatic carbocycles. The fraction of sp³-hybridized carbons (Fsp3) is 0.333. The molecule has 0 bridgehead atoms. The van der Waals surface area contributed by atoms with E-state index in [0.29, 0.717) is 115 Å². The van der Waals surface area contributed by atoms with Gasteiger partial charge in [0.05, 0.1) is 71.3 Å². The highest BCUT2D eigenvalue weighted by Crippen LogP contribution is 2.42. The standard InChI is InChI=1S/C22H24N2O5S2.C20H20N2O5S2.C12H16N2OS2/c1-12(2)9-29-17-7-6-15(20-24-14(4)19(31-20)22(26)27-5)8-16(17)21-23-13(3)18(30-21)10-28-11-25;1-10(2)8-26-15-6-5-13(17-21-11(3)16(28-17)19(24)25)7-14(15)18-22-12(4)20(29-18)27-9-23;1-7(2)6-15-10-4-3-8(11(13)16)5-9(10)12(14)17/h6-8,11-12H,9-10H2,1-5H3;5-7,9-10H,8H2,1-4H3,(H,24,25);3-5,7H,6H2,1-2H3,(H2,13,16)(H2,14,17). The van der Waals surface area contributed by atoms with Crippen LogP contribution in [0.4, 0.5) is 0 Å². The van der Waals surface area contributed by atoms with Gasteiger partial charge in [-0.3, -0.25) is 9.59 Å². The van der Waals surface area contributed by atoms with Crippen LogP contribution in [0.25, 0.3) is 42.3 Å². The molecule has 7 rings (SSSR count). The molecule has 0 aliphatic rings. The van der Waals surface area contributed by atoms with Gasteiger partial charge in [-0.25, -0.2) is 29.5 Å². The first-order valence-electron chi connectivity index (χ1n) is 23.8. The van der Waals surface area contributed by atoms with Gasteiger partial charge in [-0.1, -0.05) is 77.3 Å². The minimum Gasteiger partial charge on any atom is -0.493 e. The first kappa shape index (κ1) is 61.1. The number of aromatic nitrogens is 4. The number of esters is 1. The molecule has 4 heterocycles. The topological polar surface area (TPSA) is 247 Å². The maximum absolute atomic E-state index is 12.0. The molecule has 0 spiro atoms. The fourth-order valence-corrected chi connectivity index (χ4v) is 10.7. The Balaban J connectivity index is 0.000000222. The molecule has 3 aromatic carbocycles. The summed E-state index contributed by atoms with van der Waals surface area (Å²) in [6.45, 7) is 22.3. The van der Waals surface area contributed by atoms with Crippen molar-refractivity contribution >= 4 is 105 Å². The van der Waals surface area contributed by atoms with Gasteiger partial charge in [0.25, 0.3) is 12.9 Å². The van der Waals surface area contributed by atoms with E-state index in [-0.39, 0.29) is 16.5 Å². The number of thiocarbonyl (C=S) groups is 2. The molecule has 0 unspecified atom stereocenters. The number of benzene rings is 3. The predicted molar refractivity (Wildman–Crippen MR) is 311 cm³/mol. The van der Waals surface area contributed by atoms with Crippen LogP contribution in [0.5, 0.6) is 22.3 Å². The van der Waals surface area contributed by atoms with Crippen LogP contribution in [0.1, 0.15) is 99.7 Å². The van der Waals surface area contributed by atoms with E-state index >= 15 is 0 Å². The molecule has 0 fully saturated rings. The second-order valence-corrected chi connectivity index (χ2v) is 23.1. The highest BCUT2D eigenvalue weighted by atomic mass is 32.1. The molecule has 4 aromatic heterocycles. The number of thiazole rings is 4. The monoisotopic (exact) mass is 1160 g/mol. The molecule has 0 aliphatic heterocycles. The van der Waals surface area contributed by atoms with Crippen LogP contribution < -0.4 is 30.4 Å². The normalized spacial score (nSPS) is 10.8. The molecule has 17 nitrogen and oxygen atoms in total. The number of rotatable bonds is 22. The van der Waals surface area contributed by atoms with Crippen LogP contribution >= 0.6 is 69.8 Å². The Morgan fingerprint density at radius 3 is 1.56 bits per heavy atom. The summed E-state index contributed by atoms with van der Waals surface area (Å²) in [5, 5.41) is 12.5. The van der Waals surface area contributed by atoms with E-state index in [2.05, 4.69) is 61.5 Å². The van der Waals surface area contributed by atoms with Crippen molar-refractivity contribution in [2.24, 2.45) is 29.2 Å². The Kier molecular flexibility index (Phi) is 22.7. The van der Waals surface area contributed by atoms with Crippen molar-refractivity contribution in [3.05, 3.63) is 103 Å². The zero-order valence-corrected chi connectivity index (χ0v) is 49.2. The molecule has 408 valence electrons. The van der Waals surface area contributed by atoms with Crippen LogP contribution in [0.3, 0.4) is 0 Å². The van der Waals surface area contributed by atoms with E-state index < -0.39 is 11.9 Å². The summed E-state index contributed by atoms with van der Waals surface area (Å²) >= 11 is 15.0. The molecule has 0 atom stereocenters. The van der Waals surface area contributed by atoms with E-state index in [9.17, 15) is 24.3 Å². The molecule has 23 heteroatoms. The quantitative estimate of drug-likeness (QED) is 0.0324. The first-order valence-corrected chi connectivity index (χ1v) is 27.9. The summed E-state index contributed by atoms with van der Waals surface area (Å²) in [7, 11) is 1.36. The highest BCUT2D eigenvalue weighted by Gasteiger charge is 2.22. The third-order valence-corrected chi connectivity index (χ3v) is 15.5. The van der Waals surface area contributed by atoms with E-state index in [1.165, 1.54) is 41.1 Å². The summed E-state index contributed by atoms with van der Waals surface area (Å²) in [5.41, 5.74) is 18.3. The van der Waals surface area contributed by atoms with Crippen molar-refractivity contribution in [2.45, 2.75) is 75.8 Å². The van der Waals surface area contributed by atoms with Gasteiger partial charge in [-0.05, 0) is 100 Å². The zero-order valence-electron chi connectivity index (χ0n) is 44.3. The number of carboxylic acids is 1. The van der Waals surface area contributed by atoms with Crippen molar-refractivity contribution < 1.29 is 52.7 Å². The Morgan fingerprint density at radius 2 is 1.09 bits per heavy atom. The van der Waals surface area contributed by atoms with Gasteiger partial charge in [0.15, 0.2) is 0 Å². The number of ether oxygens (including phenoxy) is 6. The number of carboxylic acid groups (broad SMARTS) is 1. The van der Waals surface area contributed by atoms with Crippen LogP contribution in [0, 0.1) is 45.4 Å². The van der Waals surface area contributed by atoms with E-state index in [1.54, 1.807) is 39.0 Å². The van der Waals surface area contributed by atoms with Crippen LogP contribution in [0.15, 0.2) is 54.6 Å². The second kappa shape index (κ2) is 28.6. The minimum absolute atomic E-state index is 0.184. The largest absolute Gasteiger partial charge is 0.493 e. The molecule has 77 heavy (non-hydrogen) atoms. The number of nitrogens with two attached hydrogens (primary N) is 2. The maximum Gasteiger partial charge on any atom is 0.349 e. The predicted octanol–water partition coefficient (Wildman–Crippen LogP) is 11.9. The van der Waals surface area contributed by atoms with Crippen molar-refractivity contribution in [1.29, 1.82) is 0 Å². The number of hydrogen-bond acceptors (Lipinski definition) is 20. The van der Waals surface area contributed by atoms with Crippen LogP contribution in [-0.2, 0) is 25.7 Å². The zero-order chi connectivity index (χ0) is 56.7. The molecule has 0 saturated heterocycles. The lowest BCUT2D eigenvalue weighted by Gasteiger charge is -2.13. The number of nitrogens with zero attached hydrogens (tertiary/aromatic N) is 4. The molecular weight excluding hydrogens is 1100 g/mol. The minimum atomic E-state index is -0.991. The van der Waals surface area contributed by atoms with E-state index in [4.69, 9.17) is 64.3 Å². The summed E-state index contributed by atoms with van der Waals surface area (Å²) in [6, 6.07) is 16.7. The molecule has 7 aromatic rings. The van der Waals surface area contributed by atoms with Gasteiger partial charge in [0.2, 0.25) is 5.06 Å². The summed E-state index contributed by atoms with van der Waals surface area (Å²) in [4.78, 5) is 65.0. The average Bonchev–Trinajstić information content (AvgIpc) is 4.19. The number of hydrogen-bond donors (Lipinski definition) is 3. The van der Waals surface area contributed by atoms with Crippen LogP contribution in [-0.4, -0.2) is 86.8 Å². The number of carbonyl (C=O) groups is 4. The smallest absolute Gasteiger partial charge is 0.349 e.